The van der Waals surface area contributed by atoms with Gasteiger partial charge in [0.05, 0.1) is 13.2 Å². The maximum atomic E-state index is 5.89. The maximum absolute atomic E-state index is 5.89. The van der Waals surface area contributed by atoms with Gasteiger partial charge in [0, 0.05) is 11.8 Å². The first-order chi connectivity index (χ1) is 8.24. The molecular formula is C11H13BIN3O2. The van der Waals surface area contributed by atoms with Crippen molar-refractivity contribution in [2.24, 2.45) is 0 Å². The number of nitrogens with one attached hydrogen (secondary N) is 1. The Hall–Kier alpha value is -0.955. The molecule has 0 aliphatic carbocycles. The second-order valence-electron chi connectivity index (χ2n) is 4.11. The fourth-order valence-corrected chi connectivity index (χ4v) is 2.02. The van der Waals surface area contributed by atoms with Crippen molar-refractivity contribution < 1.29 is 38.1 Å². The number of hydrogen-bond acceptors (Lipinski definition) is 4. The van der Waals surface area contributed by atoms with Crippen molar-refractivity contribution in [2.45, 2.75) is 0 Å². The van der Waals surface area contributed by atoms with E-state index in [1.165, 1.54) is 0 Å². The molecule has 3 N–H and O–H groups in total. The highest BCUT2D eigenvalue weighted by molar-refractivity contribution is 6.37. The predicted octanol–water partition coefficient (Wildman–Crippen LogP) is -3.54. The summed E-state index contributed by atoms with van der Waals surface area (Å²) in [5.41, 5.74) is 8.40. The Morgan fingerprint density at radius 2 is 2.00 bits per heavy atom. The van der Waals surface area contributed by atoms with E-state index in [4.69, 9.17) is 22.7 Å². The molecule has 1 aliphatic heterocycles. The first-order valence-corrected chi connectivity index (χ1v) is 5.57. The summed E-state index contributed by atoms with van der Waals surface area (Å²) in [6.07, 6.45) is 0. The number of benzene rings is 1. The molecule has 2 heterocycles. The molecule has 1 fully saturated rings. The number of halogens is 1. The number of oxazole rings is 1. The molecule has 3 rings (SSSR count). The highest BCUT2D eigenvalue weighted by atomic mass is 127. The number of nitrogens with zero attached hydrogens (tertiary/aromatic N) is 1. The zero-order chi connectivity index (χ0) is 11.8. The van der Waals surface area contributed by atoms with Crippen LogP contribution < -0.4 is 45.1 Å². The van der Waals surface area contributed by atoms with Gasteiger partial charge in [-0.15, -0.1) is 0 Å². The van der Waals surface area contributed by atoms with Gasteiger partial charge in [0.15, 0.2) is 11.1 Å². The van der Waals surface area contributed by atoms with Crippen molar-refractivity contribution in [3.05, 3.63) is 12.1 Å². The molecule has 94 valence electrons. The van der Waals surface area contributed by atoms with Crippen LogP contribution in [0, 0.1) is 0 Å². The van der Waals surface area contributed by atoms with Crippen LogP contribution in [-0.4, -0.2) is 34.1 Å². The SMILES string of the molecule is [B]c1cc(N)cc2oc(N3CCOCC3)[nH+]c12.[I-]. The van der Waals surface area contributed by atoms with Crippen LogP contribution in [0.3, 0.4) is 0 Å². The van der Waals surface area contributed by atoms with Crippen LogP contribution in [0.5, 0.6) is 0 Å². The first-order valence-electron chi connectivity index (χ1n) is 5.57. The molecule has 1 saturated heterocycles. The van der Waals surface area contributed by atoms with Crippen LogP contribution in [0.15, 0.2) is 16.5 Å². The van der Waals surface area contributed by atoms with E-state index in [1.54, 1.807) is 12.1 Å². The van der Waals surface area contributed by atoms with E-state index < -0.39 is 0 Å². The van der Waals surface area contributed by atoms with Crippen molar-refractivity contribution in [1.82, 2.24) is 0 Å². The third-order valence-electron chi connectivity index (χ3n) is 2.89. The van der Waals surface area contributed by atoms with Crippen LogP contribution in [-0.2, 0) is 4.74 Å². The molecule has 0 bridgehead atoms. The zero-order valence-electron chi connectivity index (χ0n) is 9.78. The average Bonchev–Trinajstić information content (AvgIpc) is 2.74. The highest BCUT2D eigenvalue weighted by Gasteiger charge is 2.24. The van der Waals surface area contributed by atoms with E-state index in [0.717, 1.165) is 18.6 Å². The molecule has 1 aromatic heterocycles. The number of hydrogen-bond donors (Lipinski definition) is 1. The number of nitrogens with two attached hydrogens (primary N) is 1. The first kappa shape index (κ1) is 13.5. The summed E-state index contributed by atoms with van der Waals surface area (Å²) in [6.45, 7) is 3.04. The number of ether oxygens (including phenoxy) is 1. The molecule has 0 unspecified atom stereocenters. The average molecular weight is 357 g/mol. The number of aromatic amines is 1. The fourth-order valence-electron chi connectivity index (χ4n) is 2.02. The number of anilines is 2. The lowest BCUT2D eigenvalue weighted by atomic mass is 9.94. The minimum absolute atomic E-state index is 0. The number of nitrogen functional groups attached to an aromatic ring is 1. The van der Waals surface area contributed by atoms with Crippen LogP contribution in [0.2, 0.25) is 0 Å². The molecule has 0 atom stereocenters. The highest BCUT2D eigenvalue weighted by Crippen LogP contribution is 2.19. The molecule has 0 amide bonds. The van der Waals surface area contributed by atoms with Gasteiger partial charge in [-0.1, -0.05) is 0 Å². The third kappa shape index (κ3) is 2.42. The van der Waals surface area contributed by atoms with Gasteiger partial charge in [0.25, 0.3) is 0 Å². The van der Waals surface area contributed by atoms with Gasteiger partial charge in [-0.3, -0.25) is 0 Å². The summed E-state index contributed by atoms with van der Waals surface area (Å²) in [4.78, 5) is 5.28. The minimum atomic E-state index is 0. The smallest absolute Gasteiger partial charge is 0.455 e. The van der Waals surface area contributed by atoms with Crippen molar-refractivity contribution in [3.63, 3.8) is 0 Å². The third-order valence-corrected chi connectivity index (χ3v) is 2.89. The van der Waals surface area contributed by atoms with Crippen molar-refractivity contribution in [3.8, 4) is 0 Å². The summed E-state index contributed by atoms with van der Waals surface area (Å²) in [7, 11) is 5.89. The molecular weight excluding hydrogens is 344 g/mol. The second-order valence-corrected chi connectivity index (χ2v) is 4.11. The maximum Gasteiger partial charge on any atom is 0.455 e. The van der Waals surface area contributed by atoms with Crippen molar-refractivity contribution in [2.75, 3.05) is 36.9 Å². The predicted molar refractivity (Wildman–Crippen MR) is 65.6 cm³/mol. The van der Waals surface area contributed by atoms with E-state index in [1.807, 2.05) is 0 Å². The van der Waals surface area contributed by atoms with E-state index in [2.05, 4.69) is 9.88 Å². The van der Waals surface area contributed by atoms with Crippen LogP contribution in [0.1, 0.15) is 0 Å². The zero-order valence-corrected chi connectivity index (χ0v) is 11.9. The lowest BCUT2D eigenvalue weighted by Gasteiger charge is -2.18. The summed E-state index contributed by atoms with van der Waals surface area (Å²) >= 11 is 0. The van der Waals surface area contributed by atoms with Crippen LogP contribution in [0.25, 0.3) is 11.1 Å². The van der Waals surface area contributed by atoms with Crippen LogP contribution >= 0.6 is 0 Å². The van der Waals surface area contributed by atoms with Gasteiger partial charge in [-0.05, 0) is 11.5 Å². The van der Waals surface area contributed by atoms with E-state index >= 15 is 0 Å². The molecule has 0 saturated carbocycles. The lowest BCUT2D eigenvalue weighted by molar-refractivity contribution is -0.337. The number of morpholine rings is 1. The van der Waals surface area contributed by atoms with Gasteiger partial charge < -0.3 is 38.9 Å². The Morgan fingerprint density at radius 3 is 2.72 bits per heavy atom. The van der Waals surface area contributed by atoms with Crippen LogP contribution in [0.4, 0.5) is 11.7 Å². The largest absolute Gasteiger partial charge is 1.00 e. The summed E-state index contributed by atoms with van der Waals surface area (Å²) in [6, 6.07) is 4.20. The van der Waals surface area contributed by atoms with E-state index in [9.17, 15) is 0 Å². The Balaban J connectivity index is 0.00000120. The summed E-state index contributed by atoms with van der Waals surface area (Å²) in [5.74, 6) is 0. The molecule has 7 heteroatoms. The normalized spacial score (nSPS) is 15.7. The Morgan fingerprint density at radius 1 is 1.28 bits per heavy atom. The summed E-state index contributed by atoms with van der Waals surface area (Å²) < 4.78 is 11.0. The fraction of sp³-hybridized carbons (Fsp3) is 0.364. The van der Waals surface area contributed by atoms with Gasteiger partial charge >= 0.3 is 6.01 Å². The number of aromatic nitrogens is 1. The molecule has 18 heavy (non-hydrogen) atoms. The van der Waals surface area contributed by atoms with E-state index in [-0.39, 0.29) is 24.0 Å². The summed E-state index contributed by atoms with van der Waals surface area (Å²) in [5, 5.41) is 0. The number of H-pyrrole nitrogens is 1. The lowest BCUT2D eigenvalue weighted by Crippen LogP contribution is -3.00. The van der Waals surface area contributed by atoms with Gasteiger partial charge in [0.1, 0.15) is 20.9 Å². The molecule has 1 aliphatic rings. The number of rotatable bonds is 1. The molecule has 5 nitrogen and oxygen atoms in total. The van der Waals surface area contributed by atoms with Gasteiger partial charge in [-0.25, -0.2) is 9.88 Å². The monoisotopic (exact) mass is 357 g/mol. The molecule has 2 aromatic rings. The standard InChI is InChI=1S/C11H12BN3O2.HI/c12-8-5-7(13)6-9-10(8)14-11(17-9)15-1-3-16-4-2-15;/h5-6H,1-4,13H2;1H. The topological polar surface area (TPSA) is 65.8 Å². The molecule has 0 spiro atoms. The Labute approximate surface area is 123 Å². The van der Waals surface area contributed by atoms with E-state index in [0.29, 0.717) is 36.0 Å². The van der Waals surface area contributed by atoms with Gasteiger partial charge in [-0.2, -0.15) is 0 Å². The Bertz CT molecular complexity index is 554. The van der Waals surface area contributed by atoms with Crippen molar-refractivity contribution >= 4 is 36.1 Å². The quantitative estimate of drug-likeness (QED) is 0.327. The molecule has 1 aromatic carbocycles. The minimum Gasteiger partial charge on any atom is -1.00 e. The molecule has 2 radical (unpaired) electrons. The second kappa shape index (κ2) is 5.35. The van der Waals surface area contributed by atoms with Gasteiger partial charge in [0.2, 0.25) is 0 Å². The number of fused-ring (bicyclic) bond motifs is 1. The van der Waals surface area contributed by atoms with Crippen molar-refractivity contribution in [1.29, 1.82) is 0 Å². The Kier molecular flexibility index (Phi) is 4.01.